The Balaban J connectivity index is 1.54. The molecule has 0 spiro atoms. The van der Waals surface area contributed by atoms with Gasteiger partial charge in [0.05, 0.1) is 0 Å². The first-order chi connectivity index (χ1) is 13.1. The SMILES string of the molecule is CN(C)CCCn1ccnc1[C@@H]1CCCN(C(=O)NCc2ccccc2)C1. The number of benzene rings is 1. The van der Waals surface area contributed by atoms with Crippen LogP contribution in [-0.4, -0.2) is 59.1 Å². The molecule has 0 radical (unpaired) electrons. The molecule has 2 heterocycles. The zero-order valence-electron chi connectivity index (χ0n) is 16.5. The smallest absolute Gasteiger partial charge is 0.317 e. The van der Waals surface area contributed by atoms with Gasteiger partial charge in [0.15, 0.2) is 0 Å². The number of nitrogens with zero attached hydrogens (tertiary/aromatic N) is 4. The maximum absolute atomic E-state index is 12.6. The summed E-state index contributed by atoms with van der Waals surface area (Å²) in [4.78, 5) is 21.4. The number of piperidine rings is 1. The van der Waals surface area contributed by atoms with Gasteiger partial charge in [-0.25, -0.2) is 9.78 Å². The molecule has 0 aliphatic carbocycles. The molecule has 0 unspecified atom stereocenters. The molecule has 1 aliphatic heterocycles. The number of likely N-dealkylation sites (tertiary alicyclic amines) is 1. The standard InChI is InChI=1S/C21H31N5O/c1-24(2)12-7-14-25-15-11-22-20(25)19-10-6-13-26(17-19)21(27)23-16-18-8-4-3-5-9-18/h3-5,8-9,11,15,19H,6-7,10,12-14,16-17H2,1-2H3,(H,23,27)/t19-/m1/s1. The summed E-state index contributed by atoms with van der Waals surface area (Å²) >= 11 is 0. The van der Waals surface area contributed by atoms with Gasteiger partial charge in [0, 0.05) is 44.5 Å². The fraction of sp³-hybridized carbons (Fsp3) is 0.524. The highest BCUT2D eigenvalue weighted by atomic mass is 16.2. The third-order valence-corrected chi connectivity index (χ3v) is 5.11. The lowest BCUT2D eigenvalue weighted by Gasteiger charge is -2.32. The van der Waals surface area contributed by atoms with Crippen molar-refractivity contribution in [3.63, 3.8) is 0 Å². The van der Waals surface area contributed by atoms with Crippen LogP contribution in [0.2, 0.25) is 0 Å². The van der Waals surface area contributed by atoms with Crippen LogP contribution >= 0.6 is 0 Å². The molecule has 1 atom stereocenters. The zero-order valence-corrected chi connectivity index (χ0v) is 16.5. The topological polar surface area (TPSA) is 53.4 Å². The zero-order chi connectivity index (χ0) is 19.1. The number of hydrogen-bond acceptors (Lipinski definition) is 3. The van der Waals surface area contributed by atoms with Crippen molar-refractivity contribution in [1.82, 2.24) is 24.7 Å². The van der Waals surface area contributed by atoms with Crippen molar-refractivity contribution >= 4 is 6.03 Å². The van der Waals surface area contributed by atoms with Gasteiger partial charge in [-0.3, -0.25) is 0 Å². The minimum atomic E-state index is 0.0225. The van der Waals surface area contributed by atoms with Gasteiger partial charge in [0.2, 0.25) is 0 Å². The van der Waals surface area contributed by atoms with Gasteiger partial charge in [-0.15, -0.1) is 0 Å². The number of aryl methyl sites for hydroxylation is 1. The Labute approximate surface area is 162 Å². The van der Waals surface area contributed by atoms with E-state index < -0.39 is 0 Å². The predicted octanol–water partition coefficient (Wildman–Crippen LogP) is 2.92. The quantitative estimate of drug-likeness (QED) is 0.816. The first-order valence-electron chi connectivity index (χ1n) is 9.86. The van der Waals surface area contributed by atoms with E-state index >= 15 is 0 Å². The molecule has 1 N–H and O–H groups in total. The van der Waals surface area contributed by atoms with Crippen molar-refractivity contribution < 1.29 is 4.79 Å². The lowest BCUT2D eigenvalue weighted by molar-refractivity contribution is 0.177. The minimum absolute atomic E-state index is 0.0225. The lowest BCUT2D eigenvalue weighted by Crippen LogP contribution is -2.45. The van der Waals surface area contributed by atoms with Crippen LogP contribution in [0.1, 0.15) is 36.6 Å². The fourth-order valence-electron chi connectivity index (χ4n) is 3.68. The number of urea groups is 1. The van der Waals surface area contributed by atoms with Crippen LogP contribution in [0.4, 0.5) is 4.79 Å². The van der Waals surface area contributed by atoms with Crippen molar-refractivity contribution in [2.75, 3.05) is 33.7 Å². The minimum Gasteiger partial charge on any atom is -0.335 e. The number of hydrogen-bond donors (Lipinski definition) is 1. The molecule has 2 aromatic rings. The average molecular weight is 370 g/mol. The average Bonchev–Trinajstić information content (AvgIpc) is 3.15. The molecule has 1 aliphatic rings. The number of imidazole rings is 1. The summed E-state index contributed by atoms with van der Waals surface area (Å²) in [6.07, 6.45) is 7.17. The van der Waals surface area contributed by atoms with Gasteiger partial charge < -0.3 is 19.7 Å². The van der Waals surface area contributed by atoms with Crippen molar-refractivity contribution in [3.05, 3.63) is 54.1 Å². The molecule has 6 heteroatoms. The van der Waals surface area contributed by atoms with Crippen molar-refractivity contribution in [3.8, 4) is 0 Å². The van der Waals surface area contributed by atoms with Crippen molar-refractivity contribution in [2.45, 2.75) is 38.3 Å². The molecule has 2 amide bonds. The molecule has 27 heavy (non-hydrogen) atoms. The van der Waals surface area contributed by atoms with Crippen LogP contribution in [0.25, 0.3) is 0 Å². The molecule has 0 saturated carbocycles. The van der Waals surface area contributed by atoms with Crippen molar-refractivity contribution in [1.29, 1.82) is 0 Å². The van der Waals surface area contributed by atoms with Crippen LogP contribution in [-0.2, 0) is 13.1 Å². The molecule has 1 saturated heterocycles. The molecule has 3 rings (SSSR count). The number of carbonyl (C=O) groups excluding carboxylic acids is 1. The van der Waals surface area contributed by atoms with Crippen LogP contribution in [0, 0.1) is 0 Å². The first-order valence-corrected chi connectivity index (χ1v) is 9.86. The highest BCUT2D eigenvalue weighted by Crippen LogP contribution is 2.26. The maximum Gasteiger partial charge on any atom is 0.317 e. The van der Waals surface area contributed by atoms with E-state index in [0.717, 1.165) is 56.8 Å². The third kappa shape index (κ3) is 5.57. The summed E-state index contributed by atoms with van der Waals surface area (Å²) in [5, 5.41) is 3.05. The van der Waals surface area contributed by atoms with Gasteiger partial charge >= 0.3 is 6.03 Å². The molecule has 0 bridgehead atoms. The Morgan fingerprint density at radius 1 is 1.30 bits per heavy atom. The van der Waals surface area contributed by atoms with E-state index in [9.17, 15) is 4.79 Å². The van der Waals surface area contributed by atoms with Gasteiger partial charge in [0.1, 0.15) is 5.82 Å². The first kappa shape index (κ1) is 19.4. The van der Waals surface area contributed by atoms with E-state index in [2.05, 4.69) is 40.1 Å². The maximum atomic E-state index is 12.6. The van der Waals surface area contributed by atoms with Gasteiger partial charge in [0.25, 0.3) is 0 Å². The van der Waals surface area contributed by atoms with E-state index in [1.807, 2.05) is 41.4 Å². The number of aromatic nitrogens is 2. The summed E-state index contributed by atoms with van der Waals surface area (Å²) < 4.78 is 2.26. The second kappa shape index (κ2) is 9.55. The van der Waals surface area contributed by atoms with E-state index in [1.54, 1.807) is 0 Å². The second-order valence-corrected chi connectivity index (χ2v) is 7.57. The van der Waals surface area contributed by atoms with E-state index in [0.29, 0.717) is 12.5 Å². The monoisotopic (exact) mass is 369 g/mol. The fourth-order valence-corrected chi connectivity index (χ4v) is 3.68. The Morgan fingerprint density at radius 3 is 2.89 bits per heavy atom. The van der Waals surface area contributed by atoms with Crippen LogP contribution in [0.3, 0.4) is 0 Å². The molecular formula is C21H31N5O. The number of carbonyl (C=O) groups is 1. The predicted molar refractivity (Wildman–Crippen MR) is 108 cm³/mol. The molecule has 146 valence electrons. The normalized spacial score (nSPS) is 17.3. The van der Waals surface area contributed by atoms with Gasteiger partial charge in [-0.05, 0) is 45.5 Å². The number of amides is 2. The Bertz CT molecular complexity index is 712. The summed E-state index contributed by atoms with van der Waals surface area (Å²) in [7, 11) is 4.20. The number of nitrogens with one attached hydrogen (secondary N) is 1. The second-order valence-electron chi connectivity index (χ2n) is 7.57. The molecule has 6 nitrogen and oxygen atoms in total. The highest BCUT2D eigenvalue weighted by molar-refractivity contribution is 5.74. The van der Waals surface area contributed by atoms with Crippen LogP contribution in [0.5, 0.6) is 0 Å². The summed E-state index contributed by atoms with van der Waals surface area (Å²) in [5.41, 5.74) is 1.12. The van der Waals surface area contributed by atoms with Gasteiger partial charge in [-0.2, -0.15) is 0 Å². The summed E-state index contributed by atoms with van der Waals surface area (Å²) in [6.45, 7) is 4.17. The van der Waals surface area contributed by atoms with E-state index in [1.165, 1.54) is 0 Å². The molecule has 1 aromatic carbocycles. The van der Waals surface area contributed by atoms with Crippen LogP contribution < -0.4 is 5.32 Å². The lowest BCUT2D eigenvalue weighted by atomic mass is 9.97. The van der Waals surface area contributed by atoms with Gasteiger partial charge in [-0.1, -0.05) is 30.3 Å². The van der Waals surface area contributed by atoms with E-state index in [4.69, 9.17) is 0 Å². The van der Waals surface area contributed by atoms with E-state index in [-0.39, 0.29) is 6.03 Å². The summed E-state index contributed by atoms with van der Waals surface area (Å²) in [6, 6.07) is 10.1. The molecule has 1 fully saturated rings. The number of rotatable bonds is 7. The molecule has 1 aromatic heterocycles. The Kier molecular flexibility index (Phi) is 6.87. The largest absolute Gasteiger partial charge is 0.335 e. The molecular weight excluding hydrogens is 338 g/mol. The Hall–Kier alpha value is -2.34. The summed E-state index contributed by atoms with van der Waals surface area (Å²) in [5.74, 6) is 1.44. The van der Waals surface area contributed by atoms with Crippen molar-refractivity contribution in [2.24, 2.45) is 0 Å². The van der Waals surface area contributed by atoms with Crippen LogP contribution in [0.15, 0.2) is 42.7 Å². The third-order valence-electron chi connectivity index (χ3n) is 5.11. The Morgan fingerprint density at radius 2 is 2.11 bits per heavy atom. The highest BCUT2D eigenvalue weighted by Gasteiger charge is 2.27.